The van der Waals surface area contributed by atoms with Gasteiger partial charge in [0.05, 0.1) is 0 Å². The van der Waals surface area contributed by atoms with Crippen molar-refractivity contribution in [3.63, 3.8) is 0 Å². The Morgan fingerprint density at radius 1 is 1.29 bits per heavy atom. The van der Waals surface area contributed by atoms with Crippen LogP contribution in [0.5, 0.6) is 5.75 Å². The normalized spacial score (nSPS) is 12.6. The zero-order chi connectivity index (χ0) is 13.3. The maximum absolute atomic E-state index is 12.9. The van der Waals surface area contributed by atoms with E-state index in [1.54, 1.807) is 18.2 Å². The molecule has 0 unspecified atom stereocenters. The lowest BCUT2D eigenvalue weighted by Gasteiger charge is -2.37. The molecule has 4 heteroatoms. The van der Waals surface area contributed by atoms with Crippen LogP contribution in [0.1, 0.15) is 26.3 Å². The number of hydrogen-bond donors (Lipinski definition) is 0. The molecule has 96 valence electrons. The molecule has 0 atom stereocenters. The Morgan fingerprint density at radius 2 is 1.88 bits per heavy atom. The van der Waals surface area contributed by atoms with Crippen LogP contribution in [0.3, 0.4) is 0 Å². The van der Waals surface area contributed by atoms with E-state index in [0.717, 1.165) is 0 Å². The van der Waals surface area contributed by atoms with Crippen molar-refractivity contribution in [3.8, 4) is 5.75 Å². The molecule has 0 aromatic heterocycles. The summed E-state index contributed by atoms with van der Waals surface area (Å²) in [6, 6.07) is 5.13. The van der Waals surface area contributed by atoms with Crippen LogP contribution in [0.2, 0.25) is 23.2 Å². The molecule has 1 rings (SSSR count). The van der Waals surface area contributed by atoms with E-state index in [-0.39, 0.29) is 5.04 Å². The van der Waals surface area contributed by atoms with Gasteiger partial charge in [-0.2, -0.15) is 0 Å². The van der Waals surface area contributed by atoms with Gasteiger partial charge in [-0.25, -0.2) is 4.39 Å². The average Bonchev–Trinajstić information content (AvgIpc) is 2.18. The summed E-state index contributed by atoms with van der Waals surface area (Å²) in [6.45, 7) is 10.2. The molecule has 0 bridgehead atoms. The van der Waals surface area contributed by atoms with Crippen LogP contribution < -0.4 is 4.43 Å². The fourth-order valence-electron chi connectivity index (χ4n) is 1.18. The zero-order valence-corrected chi connectivity index (χ0v) is 12.9. The van der Waals surface area contributed by atoms with Crippen molar-refractivity contribution >= 4 is 19.9 Å². The first-order chi connectivity index (χ1) is 7.67. The van der Waals surface area contributed by atoms with Crippen LogP contribution in [0.15, 0.2) is 18.2 Å². The Bertz CT molecular complexity index is 399. The lowest BCUT2D eigenvalue weighted by atomic mass is 10.2. The van der Waals surface area contributed by atoms with E-state index < -0.39 is 15.0 Å². The van der Waals surface area contributed by atoms with Crippen LogP contribution in [0, 0.1) is 0 Å². The summed E-state index contributed by atoms with van der Waals surface area (Å²) in [4.78, 5) is 0. The maximum atomic E-state index is 12.9. The molecule has 0 heterocycles. The lowest BCUT2D eigenvalue weighted by molar-refractivity contribution is 0.449. The number of rotatable bonds is 3. The van der Waals surface area contributed by atoms with Gasteiger partial charge in [0.2, 0.25) is 8.32 Å². The number of benzene rings is 1. The Balaban J connectivity index is 3.03. The molecule has 0 amide bonds. The van der Waals surface area contributed by atoms with E-state index in [1.807, 2.05) is 0 Å². The van der Waals surface area contributed by atoms with Gasteiger partial charge in [-0.3, -0.25) is 0 Å². The Kier molecular flexibility index (Phi) is 4.26. The van der Waals surface area contributed by atoms with Gasteiger partial charge < -0.3 is 4.43 Å². The van der Waals surface area contributed by atoms with E-state index in [1.165, 1.54) is 0 Å². The van der Waals surface area contributed by atoms with E-state index in [9.17, 15) is 4.39 Å². The summed E-state index contributed by atoms with van der Waals surface area (Å²) in [7, 11) is -1.92. The van der Waals surface area contributed by atoms with Crippen LogP contribution in [0.25, 0.3) is 0 Å². The van der Waals surface area contributed by atoms with E-state index in [4.69, 9.17) is 16.0 Å². The zero-order valence-electron chi connectivity index (χ0n) is 11.1. The summed E-state index contributed by atoms with van der Waals surface area (Å²) in [5.74, 6) is 0.628. The number of alkyl halides is 1. The molecule has 0 aliphatic rings. The van der Waals surface area contributed by atoms with Gasteiger partial charge in [0, 0.05) is 10.6 Å². The lowest BCUT2D eigenvalue weighted by Crippen LogP contribution is -2.44. The molecule has 0 radical (unpaired) electrons. The quantitative estimate of drug-likeness (QED) is 0.689. The average molecular weight is 275 g/mol. The van der Waals surface area contributed by atoms with E-state index in [0.29, 0.717) is 16.3 Å². The second kappa shape index (κ2) is 4.98. The predicted octanol–water partition coefficient (Wildman–Crippen LogP) is 5.19. The largest absolute Gasteiger partial charge is 0.543 e. The summed E-state index contributed by atoms with van der Waals surface area (Å²) in [5, 5.41) is 0.639. The standard InChI is InChI=1S/C13H20ClFOSi/c1-13(2,3)17(4,5)16-12-7-6-11(14)8-10(12)9-15/h6-8H,9H2,1-5H3. The summed E-state index contributed by atoms with van der Waals surface area (Å²) in [6.07, 6.45) is 0. The van der Waals surface area contributed by atoms with Crippen molar-refractivity contribution < 1.29 is 8.82 Å². The fourth-order valence-corrected chi connectivity index (χ4v) is 2.43. The molecular weight excluding hydrogens is 255 g/mol. The smallest absolute Gasteiger partial charge is 0.250 e. The highest BCUT2D eigenvalue weighted by molar-refractivity contribution is 6.74. The first-order valence-electron chi connectivity index (χ1n) is 5.71. The SMILES string of the molecule is CC(C)(C)[Si](C)(C)Oc1ccc(Cl)cc1CF. The Hall–Kier alpha value is -0.543. The van der Waals surface area contributed by atoms with Crippen molar-refractivity contribution in [2.24, 2.45) is 0 Å². The molecule has 17 heavy (non-hydrogen) atoms. The Morgan fingerprint density at radius 3 is 2.35 bits per heavy atom. The minimum atomic E-state index is -1.92. The minimum Gasteiger partial charge on any atom is -0.543 e. The second-order valence-electron chi connectivity index (χ2n) is 5.75. The number of hydrogen-bond acceptors (Lipinski definition) is 1. The molecule has 0 fully saturated rings. The molecule has 0 aliphatic heterocycles. The molecular formula is C13H20ClFOSi. The predicted molar refractivity (Wildman–Crippen MR) is 74.1 cm³/mol. The summed E-state index contributed by atoms with van der Waals surface area (Å²) in [5.41, 5.74) is 0.530. The van der Waals surface area contributed by atoms with Gasteiger partial charge in [0.1, 0.15) is 12.4 Å². The van der Waals surface area contributed by atoms with Crippen molar-refractivity contribution in [1.82, 2.24) is 0 Å². The third kappa shape index (κ3) is 3.46. The van der Waals surface area contributed by atoms with E-state index >= 15 is 0 Å². The van der Waals surface area contributed by atoms with Gasteiger partial charge in [-0.1, -0.05) is 32.4 Å². The van der Waals surface area contributed by atoms with Crippen LogP contribution >= 0.6 is 11.6 Å². The van der Waals surface area contributed by atoms with Gasteiger partial charge in [0.15, 0.2) is 0 Å². The molecule has 1 aromatic carbocycles. The third-order valence-electron chi connectivity index (χ3n) is 3.34. The highest BCUT2D eigenvalue weighted by Crippen LogP contribution is 2.38. The maximum Gasteiger partial charge on any atom is 0.250 e. The molecule has 0 spiro atoms. The van der Waals surface area contributed by atoms with Crippen LogP contribution in [-0.2, 0) is 6.67 Å². The van der Waals surface area contributed by atoms with Crippen molar-refractivity contribution in [2.45, 2.75) is 45.6 Å². The molecule has 0 aliphatic carbocycles. The van der Waals surface area contributed by atoms with Crippen molar-refractivity contribution in [3.05, 3.63) is 28.8 Å². The van der Waals surface area contributed by atoms with E-state index in [2.05, 4.69) is 33.9 Å². The summed E-state index contributed by atoms with van der Waals surface area (Å²) >= 11 is 5.85. The monoisotopic (exact) mass is 274 g/mol. The molecule has 0 N–H and O–H groups in total. The van der Waals surface area contributed by atoms with Gasteiger partial charge in [-0.15, -0.1) is 0 Å². The number of halogens is 2. The van der Waals surface area contributed by atoms with Crippen LogP contribution in [-0.4, -0.2) is 8.32 Å². The second-order valence-corrected chi connectivity index (χ2v) is 10.9. The third-order valence-corrected chi connectivity index (χ3v) is 7.92. The molecule has 0 saturated heterocycles. The first kappa shape index (κ1) is 14.5. The molecule has 0 saturated carbocycles. The van der Waals surface area contributed by atoms with Gasteiger partial charge in [-0.05, 0) is 36.3 Å². The molecule has 1 nitrogen and oxygen atoms in total. The van der Waals surface area contributed by atoms with Gasteiger partial charge >= 0.3 is 0 Å². The minimum absolute atomic E-state index is 0.0974. The van der Waals surface area contributed by atoms with Crippen molar-refractivity contribution in [1.29, 1.82) is 0 Å². The first-order valence-corrected chi connectivity index (χ1v) is 8.99. The van der Waals surface area contributed by atoms with Gasteiger partial charge in [0.25, 0.3) is 0 Å². The van der Waals surface area contributed by atoms with Crippen LogP contribution in [0.4, 0.5) is 4.39 Å². The highest BCUT2D eigenvalue weighted by Gasteiger charge is 2.39. The topological polar surface area (TPSA) is 9.23 Å². The molecule has 1 aromatic rings. The highest BCUT2D eigenvalue weighted by atomic mass is 35.5. The fraction of sp³-hybridized carbons (Fsp3) is 0.538. The summed E-state index contributed by atoms with van der Waals surface area (Å²) < 4.78 is 19.0. The Labute approximate surface area is 109 Å². The van der Waals surface area contributed by atoms with Crippen molar-refractivity contribution in [2.75, 3.05) is 0 Å².